The van der Waals surface area contributed by atoms with Crippen molar-refractivity contribution in [2.45, 2.75) is 25.0 Å². The van der Waals surface area contributed by atoms with Gasteiger partial charge < -0.3 is 14.4 Å². The van der Waals surface area contributed by atoms with Gasteiger partial charge >= 0.3 is 0 Å². The normalized spacial score (nSPS) is 21.7. The third kappa shape index (κ3) is 3.11. The summed E-state index contributed by atoms with van der Waals surface area (Å²) in [4.78, 5) is 22.7. The molecule has 0 N–H and O–H groups in total. The number of rotatable bonds is 3. The second-order valence-corrected chi connectivity index (χ2v) is 6.33. The summed E-state index contributed by atoms with van der Waals surface area (Å²) >= 11 is 0. The van der Waals surface area contributed by atoms with Gasteiger partial charge in [0.2, 0.25) is 5.69 Å². The highest BCUT2D eigenvalue weighted by atomic mass is 16.5. The van der Waals surface area contributed by atoms with Crippen molar-refractivity contribution >= 4 is 5.91 Å². The molecule has 0 aliphatic carbocycles. The number of aromatic nitrogens is 2. The summed E-state index contributed by atoms with van der Waals surface area (Å²) in [5.74, 6) is 0.177. The van der Waals surface area contributed by atoms with Crippen molar-refractivity contribution in [3.05, 3.63) is 53.5 Å². The fourth-order valence-electron chi connectivity index (χ4n) is 3.43. The minimum absolute atomic E-state index is 0.0390. The number of likely N-dealkylation sites (tertiary alicyclic amines) is 1. The molecule has 1 amide bonds. The van der Waals surface area contributed by atoms with Gasteiger partial charge in [0, 0.05) is 25.4 Å². The summed E-state index contributed by atoms with van der Waals surface area (Å²) in [6.07, 6.45) is 3.69. The monoisotopic (exact) mass is 350 g/mol. The number of hydrogen-bond acceptors (Lipinski definition) is 6. The molecule has 1 aromatic heterocycles. The van der Waals surface area contributed by atoms with Crippen LogP contribution in [0, 0.1) is 11.3 Å². The van der Waals surface area contributed by atoms with Gasteiger partial charge in [0.15, 0.2) is 6.10 Å². The second kappa shape index (κ2) is 7.10. The van der Waals surface area contributed by atoms with Crippen molar-refractivity contribution in [2.75, 3.05) is 19.7 Å². The van der Waals surface area contributed by atoms with E-state index in [0.717, 1.165) is 12.0 Å². The summed E-state index contributed by atoms with van der Waals surface area (Å²) in [5, 5.41) is 9.08. The maximum absolute atomic E-state index is 12.9. The average Bonchev–Trinajstić information content (AvgIpc) is 3.16. The molecule has 2 aliphatic heterocycles. The van der Waals surface area contributed by atoms with Crippen LogP contribution >= 0.6 is 0 Å². The van der Waals surface area contributed by atoms with Crippen LogP contribution in [0.25, 0.3) is 0 Å². The van der Waals surface area contributed by atoms with Gasteiger partial charge in [-0.1, -0.05) is 24.3 Å². The Morgan fingerprint density at radius 1 is 1.31 bits per heavy atom. The standard InChI is InChI=1S/C19H18N4O3/c20-11-16-18(22-8-7-21-16)26-14-5-9-23(12-14)19(24)17-15-4-2-1-3-13(15)6-10-25-17/h1-4,7-8,14,17H,5-6,9-10,12H2/t14-,17-/m1/s1. The third-order valence-corrected chi connectivity index (χ3v) is 4.72. The van der Waals surface area contributed by atoms with Gasteiger partial charge in [0.25, 0.3) is 11.8 Å². The first-order valence-corrected chi connectivity index (χ1v) is 8.62. The first-order valence-electron chi connectivity index (χ1n) is 8.62. The van der Waals surface area contributed by atoms with Gasteiger partial charge in [-0.2, -0.15) is 5.26 Å². The molecule has 0 spiro atoms. The maximum Gasteiger partial charge on any atom is 0.256 e. The van der Waals surface area contributed by atoms with Crippen LogP contribution in [0.2, 0.25) is 0 Å². The SMILES string of the molecule is N#Cc1nccnc1O[C@@H]1CCN(C(=O)[C@@H]2OCCc3ccccc32)C1. The second-order valence-electron chi connectivity index (χ2n) is 6.33. The Kier molecular flexibility index (Phi) is 4.50. The molecule has 0 radical (unpaired) electrons. The van der Waals surface area contributed by atoms with Gasteiger partial charge in [-0.3, -0.25) is 4.79 Å². The molecule has 7 nitrogen and oxygen atoms in total. The molecule has 0 bridgehead atoms. The molecule has 2 aromatic rings. The molecule has 0 unspecified atom stereocenters. The molecule has 2 aliphatic rings. The van der Waals surface area contributed by atoms with Gasteiger partial charge in [-0.05, 0) is 17.5 Å². The summed E-state index contributed by atoms with van der Waals surface area (Å²) in [5.41, 5.74) is 2.28. The highest BCUT2D eigenvalue weighted by Crippen LogP contribution is 2.30. The minimum Gasteiger partial charge on any atom is -0.470 e. The Hall–Kier alpha value is -2.98. The molecule has 132 valence electrons. The molecular weight excluding hydrogens is 332 g/mol. The Morgan fingerprint density at radius 2 is 2.15 bits per heavy atom. The van der Waals surface area contributed by atoms with Crippen molar-refractivity contribution in [1.82, 2.24) is 14.9 Å². The van der Waals surface area contributed by atoms with Crippen molar-refractivity contribution in [2.24, 2.45) is 0 Å². The van der Waals surface area contributed by atoms with E-state index >= 15 is 0 Å². The van der Waals surface area contributed by atoms with Crippen LogP contribution in [0.1, 0.15) is 29.3 Å². The van der Waals surface area contributed by atoms with E-state index in [-0.39, 0.29) is 23.6 Å². The number of nitriles is 1. The highest BCUT2D eigenvalue weighted by molar-refractivity contribution is 5.83. The predicted octanol–water partition coefficient (Wildman–Crippen LogP) is 1.64. The lowest BCUT2D eigenvalue weighted by Crippen LogP contribution is -2.37. The van der Waals surface area contributed by atoms with Crippen LogP contribution in [0.4, 0.5) is 0 Å². The predicted molar refractivity (Wildman–Crippen MR) is 91.2 cm³/mol. The zero-order valence-electron chi connectivity index (χ0n) is 14.2. The molecule has 2 atom stereocenters. The molecule has 3 heterocycles. The van der Waals surface area contributed by atoms with Crippen LogP contribution in [-0.4, -0.2) is 46.6 Å². The highest BCUT2D eigenvalue weighted by Gasteiger charge is 2.35. The fraction of sp³-hybridized carbons (Fsp3) is 0.368. The van der Waals surface area contributed by atoms with E-state index in [4.69, 9.17) is 14.7 Å². The van der Waals surface area contributed by atoms with E-state index in [9.17, 15) is 4.79 Å². The fourth-order valence-corrected chi connectivity index (χ4v) is 3.43. The topological polar surface area (TPSA) is 88.3 Å². The Labute approximate surface area is 151 Å². The summed E-state index contributed by atoms with van der Waals surface area (Å²) in [6.45, 7) is 1.59. The number of nitrogens with zero attached hydrogens (tertiary/aromatic N) is 4. The van der Waals surface area contributed by atoms with Crippen molar-refractivity contribution in [3.8, 4) is 11.9 Å². The van der Waals surface area contributed by atoms with Crippen LogP contribution in [0.15, 0.2) is 36.7 Å². The zero-order chi connectivity index (χ0) is 17.9. The van der Waals surface area contributed by atoms with E-state index < -0.39 is 6.10 Å². The van der Waals surface area contributed by atoms with Crippen LogP contribution in [0.5, 0.6) is 5.88 Å². The Bertz CT molecular complexity index is 864. The largest absolute Gasteiger partial charge is 0.470 e. The van der Waals surface area contributed by atoms with Crippen LogP contribution in [0.3, 0.4) is 0 Å². The van der Waals surface area contributed by atoms with Crippen molar-refractivity contribution < 1.29 is 14.3 Å². The van der Waals surface area contributed by atoms with Gasteiger partial charge in [0.1, 0.15) is 12.2 Å². The molecule has 1 saturated heterocycles. The van der Waals surface area contributed by atoms with Crippen LogP contribution in [-0.2, 0) is 16.0 Å². The average molecular weight is 350 g/mol. The minimum atomic E-state index is -0.551. The summed E-state index contributed by atoms with van der Waals surface area (Å²) in [7, 11) is 0. The molecule has 0 saturated carbocycles. The van der Waals surface area contributed by atoms with Gasteiger partial charge in [-0.15, -0.1) is 0 Å². The number of benzene rings is 1. The van der Waals surface area contributed by atoms with Gasteiger partial charge in [-0.25, -0.2) is 9.97 Å². The number of hydrogen-bond donors (Lipinski definition) is 0. The smallest absolute Gasteiger partial charge is 0.256 e. The number of fused-ring (bicyclic) bond motifs is 1. The molecule has 26 heavy (non-hydrogen) atoms. The third-order valence-electron chi connectivity index (χ3n) is 4.72. The van der Waals surface area contributed by atoms with Crippen molar-refractivity contribution in [3.63, 3.8) is 0 Å². The number of carbonyl (C=O) groups excluding carboxylic acids is 1. The zero-order valence-corrected chi connectivity index (χ0v) is 14.2. The lowest BCUT2D eigenvalue weighted by atomic mass is 9.97. The quantitative estimate of drug-likeness (QED) is 0.836. The molecule has 7 heteroatoms. The van der Waals surface area contributed by atoms with E-state index in [1.54, 1.807) is 4.90 Å². The molecule has 1 fully saturated rings. The Balaban J connectivity index is 1.45. The van der Waals surface area contributed by atoms with E-state index in [2.05, 4.69) is 9.97 Å². The Morgan fingerprint density at radius 3 is 3.04 bits per heavy atom. The first-order chi connectivity index (χ1) is 12.8. The lowest BCUT2D eigenvalue weighted by Gasteiger charge is -2.28. The van der Waals surface area contributed by atoms with E-state index in [1.165, 1.54) is 18.0 Å². The van der Waals surface area contributed by atoms with Crippen LogP contribution < -0.4 is 4.74 Å². The maximum atomic E-state index is 12.9. The molecule has 4 rings (SSSR count). The lowest BCUT2D eigenvalue weighted by molar-refractivity contribution is -0.144. The molecule has 1 aromatic carbocycles. The van der Waals surface area contributed by atoms with E-state index in [0.29, 0.717) is 26.1 Å². The summed E-state index contributed by atoms with van der Waals surface area (Å²) < 4.78 is 11.6. The molecular formula is C19H18N4O3. The number of ether oxygens (including phenoxy) is 2. The van der Waals surface area contributed by atoms with Gasteiger partial charge in [0.05, 0.1) is 13.2 Å². The first kappa shape index (κ1) is 16.5. The summed E-state index contributed by atoms with van der Waals surface area (Å²) in [6, 6.07) is 9.89. The van der Waals surface area contributed by atoms with E-state index in [1.807, 2.05) is 30.3 Å². The van der Waals surface area contributed by atoms with Crippen molar-refractivity contribution in [1.29, 1.82) is 5.26 Å². The number of amides is 1. The number of carbonyl (C=O) groups is 1.